The highest BCUT2D eigenvalue weighted by atomic mass is 35.5. The summed E-state index contributed by atoms with van der Waals surface area (Å²) >= 11 is 21.6. The Morgan fingerprint density at radius 3 is 2.49 bits per heavy atom. The molecule has 0 spiro atoms. The maximum absolute atomic E-state index is 12.5. The number of thiazole rings is 1. The standard InChI is InChI=1S/C24H20Cl3N3O3S2/c1-11(2)34-23-20(13-5-6-17(26)18(27)9-13)28-24(35-23)30-21(22(31)32)19(12(3)29-30)14-7-15(25)10-16(8-14)33-4/h5-11H,1-4H3,(H,31,32). The summed E-state index contributed by atoms with van der Waals surface area (Å²) < 4.78 is 7.61. The minimum absolute atomic E-state index is 0.0117. The number of aromatic carboxylic acids is 1. The first-order chi connectivity index (χ1) is 16.6. The van der Waals surface area contributed by atoms with Crippen LogP contribution in [0.1, 0.15) is 30.0 Å². The van der Waals surface area contributed by atoms with Crippen molar-refractivity contribution in [3.05, 3.63) is 62.9 Å². The third-order valence-electron chi connectivity index (χ3n) is 4.96. The molecule has 2 aromatic heterocycles. The van der Waals surface area contributed by atoms with Crippen LogP contribution in [0.4, 0.5) is 0 Å². The van der Waals surface area contributed by atoms with E-state index in [0.717, 1.165) is 9.77 Å². The molecule has 0 saturated carbocycles. The van der Waals surface area contributed by atoms with Crippen molar-refractivity contribution in [3.63, 3.8) is 0 Å². The Bertz CT molecular complexity index is 1430. The number of carboxylic acids is 1. The number of methoxy groups -OCH3 is 1. The lowest BCUT2D eigenvalue weighted by Gasteiger charge is -2.07. The van der Waals surface area contributed by atoms with Crippen LogP contribution in [0.25, 0.3) is 27.5 Å². The van der Waals surface area contributed by atoms with Crippen LogP contribution in [0.5, 0.6) is 5.75 Å². The van der Waals surface area contributed by atoms with Gasteiger partial charge in [-0.2, -0.15) is 9.78 Å². The third-order valence-corrected chi connectivity index (χ3v) is 8.16. The predicted molar refractivity (Wildman–Crippen MR) is 144 cm³/mol. The molecule has 0 fully saturated rings. The molecule has 0 aliphatic heterocycles. The second-order valence-electron chi connectivity index (χ2n) is 7.83. The number of thioether (sulfide) groups is 1. The SMILES string of the molecule is COc1cc(Cl)cc(-c2c(C)nn(-c3nc(-c4ccc(Cl)c(Cl)c4)c(SC(C)C)s3)c2C(=O)O)c1. The number of halogens is 3. The van der Waals surface area contributed by atoms with Crippen molar-refractivity contribution >= 4 is 63.9 Å². The van der Waals surface area contributed by atoms with Gasteiger partial charge in [0, 0.05) is 21.4 Å². The lowest BCUT2D eigenvalue weighted by molar-refractivity contribution is 0.0688. The van der Waals surface area contributed by atoms with E-state index >= 15 is 0 Å². The van der Waals surface area contributed by atoms with E-state index in [1.807, 2.05) is 6.07 Å². The Morgan fingerprint density at radius 2 is 1.86 bits per heavy atom. The summed E-state index contributed by atoms with van der Waals surface area (Å²) in [6.07, 6.45) is 0. The number of aryl methyl sites for hydroxylation is 1. The normalized spacial score (nSPS) is 11.3. The number of benzene rings is 2. The van der Waals surface area contributed by atoms with Gasteiger partial charge in [-0.15, -0.1) is 11.8 Å². The van der Waals surface area contributed by atoms with Crippen molar-refractivity contribution < 1.29 is 14.6 Å². The molecule has 4 rings (SSSR count). The van der Waals surface area contributed by atoms with Crippen molar-refractivity contribution in [1.82, 2.24) is 14.8 Å². The number of ether oxygens (including phenoxy) is 1. The number of hydrogen-bond acceptors (Lipinski definition) is 6. The van der Waals surface area contributed by atoms with E-state index in [4.69, 9.17) is 44.5 Å². The smallest absolute Gasteiger partial charge is 0.355 e. The molecule has 6 nitrogen and oxygen atoms in total. The van der Waals surface area contributed by atoms with Crippen LogP contribution in [-0.2, 0) is 0 Å². The molecule has 0 aliphatic rings. The van der Waals surface area contributed by atoms with E-state index in [1.165, 1.54) is 23.1 Å². The van der Waals surface area contributed by atoms with E-state index in [9.17, 15) is 9.90 Å². The number of aromatic nitrogens is 3. The molecule has 0 atom stereocenters. The van der Waals surface area contributed by atoms with Crippen LogP contribution in [-0.4, -0.2) is 38.2 Å². The van der Waals surface area contributed by atoms with Gasteiger partial charge in [-0.3, -0.25) is 0 Å². The molecule has 0 bridgehead atoms. The van der Waals surface area contributed by atoms with Gasteiger partial charge in [0.1, 0.15) is 5.75 Å². The lowest BCUT2D eigenvalue weighted by Crippen LogP contribution is -2.09. The number of nitrogens with zero attached hydrogens (tertiary/aromatic N) is 3. The summed E-state index contributed by atoms with van der Waals surface area (Å²) in [6, 6.07) is 10.4. The fraction of sp³-hybridized carbons (Fsp3) is 0.208. The third kappa shape index (κ3) is 5.32. The Labute approximate surface area is 225 Å². The van der Waals surface area contributed by atoms with Crippen LogP contribution in [0.15, 0.2) is 40.6 Å². The zero-order valence-corrected chi connectivity index (χ0v) is 23.0. The first kappa shape index (κ1) is 25.9. The van der Waals surface area contributed by atoms with Crippen molar-refractivity contribution in [2.45, 2.75) is 30.2 Å². The van der Waals surface area contributed by atoms with Gasteiger partial charge in [0.15, 0.2) is 5.69 Å². The summed E-state index contributed by atoms with van der Waals surface area (Å²) in [5, 5.41) is 16.8. The van der Waals surface area contributed by atoms with Crippen LogP contribution in [0.3, 0.4) is 0 Å². The number of hydrogen-bond donors (Lipinski definition) is 1. The monoisotopic (exact) mass is 567 g/mol. The van der Waals surface area contributed by atoms with Gasteiger partial charge in [-0.05, 0) is 42.8 Å². The van der Waals surface area contributed by atoms with Gasteiger partial charge >= 0.3 is 5.97 Å². The first-order valence-corrected chi connectivity index (χ1v) is 13.2. The molecule has 0 radical (unpaired) electrons. The zero-order valence-electron chi connectivity index (χ0n) is 19.1. The molecule has 1 N–H and O–H groups in total. The predicted octanol–water partition coefficient (Wildman–Crippen LogP) is 8.14. The largest absolute Gasteiger partial charge is 0.497 e. The Morgan fingerprint density at radius 1 is 1.11 bits per heavy atom. The Kier molecular flexibility index (Phi) is 7.68. The van der Waals surface area contributed by atoms with Gasteiger partial charge < -0.3 is 9.84 Å². The summed E-state index contributed by atoms with van der Waals surface area (Å²) in [7, 11) is 1.53. The Hall–Kier alpha value is -2.23. The van der Waals surface area contributed by atoms with Crippen LogP contribution >= 0.6 is 57.9 Å². The van der Waals surface area contributed by atoms with Crippen molar-refractivity contribution in [3.8, 4) is 33.3 Å². The highest BCUT2D eigenvalue weighted by Gasteiger charge is 2.27. The average Bonchev–Trinajstić information content (AvgIpc) is 3.35. The van der Waals surface area contributed by atoms with Gasteiger partial charge in [0.25, 0.3) is 0 Å². The summed E-state index contributed by atoms with van der Waals surface area (Å²) in [6.45, 7) is 5.91. The fourth-order valence-corrected chi connectivity index (χ4v) is 6.54. The first-order valence-electron chi connectivity index (χ1n) is 10.4. The van der Waals surface area contributed by atoms with Crippen molar-refractivity contribution in [2.24, 2.45) is 0 Å². The highest BCUT2D eigenvalue weighted by Crippen LogP contribution is 2.42. The average molecular weight is 569 g/mol. The second kappa shape index (κ2) is 10.4. The van der Waals surface area contributed by atoms with Crippen LogP contribution in [0.2, 0.25) is 15.1 Å². The molecule has 0 amide bonds. The van der Waals surface area contributed by atoms with Crippen molar-refractivity contribution in [2.75, 3.05) is 7.11 Å². The topological polar surface area (TPSA) is 77.2 Å². The fourth-order valence-electron chi connectivity index (χ4n) is 3.54. The molecule has 0 unspecified atom stereocenters. The van der Waals surface area contributed by atoms with Gasteiger partial charge in [-0.25, -0.2) is 9.78 Å². The van der Waals surface area contributed by atoms with E-state index < -0.39 is 5.97 Å². The molecular weight excluding hydrogens is 549 g/mol. The van der Waals surface area contributed by atoms with E-state index in [1.54, 1.807) is 49.0 Å². The zero-order chi connectivity index (χ0) is 25.4. The van der Waals surface area contributed by atoms with Crippen LogP contribution < -0.4 is 4.74 Å². The molecule has 4 aromatic rings. The van der Waals surface area contributed by atoms with E-state index in [-0.39, 0.29) is 10.9 Å². The second-order valence-corrected chi connectivity index (χ2v) is 11.9. The highest BCUT2D eigenvalue weighted by molar-refractivity contribution is 8.01. The maximum atomic E-state index is 12.5. The summed E-state index contributed by atoms with van der Waals surface area (Å²) in [4.78, 5) is 17.3. The van der Waals surface area contributed by atoms with Gasteiger partial charge in [0.2, 0.25) is 5.13 Å². The molecule has 2 aromatic carbocycles. The summed E-state index contributed by atoms with van der Waals surface area (Å²) in [5.41, 5.74) is 3.03. The molecule has 0 saturated heterocycles. The molecule has 0 aliphatic carbocycles. The molecule has 2 heterocycles. The Balaban J connectivity index is 1.93. The minimum atomic E-state index is -1.14. The maximum Gasteiger partial charge on any atom is 0.355 e. The molecule has 11 heteroatoms. The lowest BCUT2D eigenvalue weighted by atomic mass is 10.0. The van der Waals surface area contributed by atoms with Crippen molar-refractivity contribution in [1.29, 1.82) is 0 Å². The molecular formula is C24H20Cl3N3O3S2. The number of carboxylic acid groups (broad SMARTS) is 1. The van der Waals surface area contributed by atoms with Crippen LogP contribution in [0, 0.1) is 6.92 Å². The van der Waals surface area contributed by atoms with Gasteiger partial charge in [-0.1, -0.05) is 66.1 Å². The number of rotatable bonds is 7. The van der Waals surface area contributed by atoms with Gasteiger partial charge in [0.05, 0.1) is 32.8 Å². The quantitative estimate of drug-likeness (QED) is 0.227. The molecule has 35 heavy (non-hydrogen) atoms. The number of carbonyl (C=O) groups is 1. The van der Waals surface area contributed by atoms with E-state index in [0.29, 0.717) is 48.5 Å². The minimum Gasteiger partial charge on any atom is -0.497 e. The van der Waals surface area contributed by atoms with E-state index in [2.05, 4.69) is 18.9 Å². The molecule has 182 valence electrons. The summed E-state index contributed by atoms with van der Waals surface area (Å²) in [5.74, 6) is -0.619.